The first kappa shape index (κ1) is 20.1. The summed E-state index contributed by atoms with van der Waals surface area (Å²) in [4.78, 5) is 16.5. The Morgan fingerprint density at radius 2 is 2.00 bits per heavy atom. The maximum Gasteiger partial charge on any atom is 0.169 e. The lowest BCUT2D eigenvalue weighted by atomic mass is 10.1. The van der Waals surface area contributed by atoms with E-state index in [2.05, 4.69) is 56.8 Å². The second-order valence-electron chi connectivity index (χ2n) is 8.40. The lowest BCUT2D eigenvalue weighted by molar-refractivity contribution is 0.242. The zero-order valence-corrected chi connectivity index (χ0v) is 19.0. The van der Waals surface area contributed by atoms with Gasteiger partial charge in [0.15, 0.2) is 5.82 Å². The van der Waals surface area contributed by atoms with Gasteiger partial charge in [0.2, 0.25) is 0 Å². The van der Waals surface area contributed by atoms with Crippen molar-refractivity contribution in [2.45, 2.75) is 26.1 Å². The molecular formula is C27H24N4OS. The molecule has 6 heteroatoms. The number of ether oxygens (including phenoxy) is 1. The number of rotatable bonds is 6. The van der Waals surface area contributed by atoms with Crippen LogP contribution in [-0.4, -0.2) is 26.4 Å². The van der Waals surface area contributed by atoms with E-state index in [9.17, 15) is 0 Å². The average molecular weight is 453 g/mol. The molecule has 33 heavy (non-hydrogen) atoms. The molecule has 4 heterocycles. The van der Waals surface area contributed by atoms with E-state index < -0.39 is 0 Å². The van der Waals surface area contributed by atoms with Crippen LogP contribution in [0.1, 0.15) is 22.4 Å². The summed E-state index contributed by atoms with van der Waals surface area (Å²) >= 11 is 1.68. The van der Waals surface area contributed by atoms with E-state index in [1.54, 1.807) is 11.3 Å². The van der Waals surface area contributed by atoms with Gasteiger partial charge in [-0.2, -0.15) is 0 Å². The Kier molecular flexibility index (Phi) is 5.38. The van der Waals surface area contributed by atoms with Gasteiger partial charge < -0.3 is 9.72 Å². The zero-order valence-electron chi connectivity index (χ0n) is 18.2. The van der Waals surface area contributed by atoms with Gasteiger partial charge in [-0.3, -0.25) is 4.90 Å². The molecule has 0 saturated heterocycles. The lowest BCUT2D eigenvalue weighted by Gasteiger charge is -2.27. The number of fused-ring (bicyclic) bond motifs is 2. The number of benzene rings is 2. The monoisotopic (exact) mass is 452 g/mol. The van der Waals surface area contributed by atoms with Gasteiger partial charge in [-0.1, -0.05) is 36.4 Å². The van der Waals surface area contributed by atoms with Crippen LogP contribution < -0.4 is 4.74 Å². The summed E-state index contributed by atoms with van der Waals surface area (Å²) in [7, 11) is 0. The van der Waals surface area contributed by atoms with Gasteiger partial charge in [0.1, 0.15) is 12.4 Å². The SMILES string of the molecule is c1ccc(COc2ccc3[nH]cc(CN4CCc5cnc(-c6cccs6)nc5C4)c3c2)cc1. The summed E-state index contributed by atoms with van der Waals surface area (Å²) in [6, 6.07) is 20.7. The average Bonchev–Trinajstić information content (AvgIpc) is 3.54. The molecule has 5 nitrogen and oxygen atoms in total. The molecule has 0 radical (unpaired) electrons. The third-order valence-corrected chi connectivity index (χ3v) is 7.01. The highest BCUT2D eigenvalue weighted by molar-refractivity contribution is 7.13. The number of hydrogen-bond acceptors (Lipinski definition) is 5. The van der Waals surface area contributed by atoms with Crippen LogP contribution in [0.4, 0.5) is 0 Å². The molecule has 6 rings (SSSR count). The fourth-order valence-corrected chi connectivity index (χ4v) is 5.04. The molecule has 0 spiro atoms. The molecule has 0 aliphatic carbocycles. The van der Waals surface area contributed by atoms with E-state index in [1.165, 1.54) is 22.1 Å². The highest BCUT2D eigenvalue weighted by atomic mass is 32.1. The third kappa shape index (κ3) is 4.27. The Bertz CT molecular complexity index is 1380. The van der Waals surface area contributed by atoms with E-state index in [0.717, 1.165) is 53.7 Å². The summed E-state index contributed by atoms with van der Waals surface area (Å²) in [6.07, 6.45) is 5.11. The predicted molar refractivity (Wildman–Crippen MR) is 132 cm³/mol. The van der Waals surface area contributed by atoms with Crippen molar-refractivity contribution in [2.24, 2.45) is 0 Å². The number of H-pyrrole nitrogens is 1. The van der Waals surface area contributed by atoms with Crippen molar-refractivity contribution in [3.63, 3.8) is 0 Å². The van der Waals surface area contributed by atoms with Crippen molar-refractivity contribution in [1.29, 1.82) is 0 Å². The normalized spacial score (nSPS) is 13.8. The van der Waals surface area contributed by atoms with Crippen LogP contribution in [0.25, 0.3) is 21.6 Å². The van der Waals surface area contributed by atoms with Gasteiger partial charge in [0.25, 0.3) is 0 Å². The van der Waals surface area contributed by atoms with E-state index >= 15 is 0 Å². The summed E-state index contributed by atoms with van der Waals surface area (Å²) in [5.41, 5.74) is 6.00. The molecule has 2 aromatic carbocycles. The number of aromatic amines is 1. The molecule has 0 unspecified atom stereocenters. The second kappa shape index (κ2) is 8.81. The minimum Gasteiger partial charge on any atom is -0.489 e. The van der Waals surface area contributed by atoms with Gasteiger partial charge >= 0.3 is 0 Å². The Balaban J connectivity index is 1.19. The number of hydrogen-bond donors (Lipinski definition) is 1. The number of aromatic nitrogens is 3. The highest BCUT2D eigenvalue weighted by Gasteiger charge is 2.20. The van der Waals surface area contributed by atoms with Crippen molar-refractivity contribution in [3.05, 3.63) is 101 Å². The highest BCUT2D eigenvalue weighted by Crippen LogP contribution is 2.28. The fourth-order valence-electron chi connectivity index (χ4n) is 4.38. The van der Waals surface area contributed by atoms with Crippen LogP contribution in [-0.2, 0) is 26.1 Å². The lowest BCUT2D eigenvalue weighted by Crippen LogP contribution is -2.31. The molecule has 0 atom stereocenters. The van der Waals surface area contributed by atoms with Crippen molar-refractivity contribution < 1.29 is 4.74 Å². The van der Waals surface area contributed by atoms with Crippen molar-refractivity contribution in [3.8, 4) is 16.5 Å². The van der Waals surface area contributed by atoms with Crippen LogP contribution in [0.5, 0.6) is 5.75 Å². The Morgan fingerprint density at radius 1 is 1.06 bits per heavy atom. The minimum absolute atomic E-state index is 0.571. The Labute approximate surface area is 196 Å². The number of nitrogens with zero attached hydrogens (tertiary/aromatic N) is 3. The van der Waals surface area contributed by atoms with Crippen LogP contribution in [0.3, 0.4) is 0 Å². The third-order valence-electron chi connectivity index (χ3n) is 6.15. The number of thiophene rings is 1. The van der Waals surface area contributed by atoms with Crippen molar-refractivity contribution >= 4 is 22.2 Å². The summed E-state index contributed by atoms with van der Waals surface area (Å²) in [5, 5.41) is 3.28. The Morgan fingerprint density at radius 3 is 2.88 bits per heavy atom. The smallest absolute Gasteiger partial charge is 0.169 e. The fraction of sp³-hybridized carbons (Fsp3) is 0.185. The van der Waals surface area contributed by atoms with Crippen LogP contribution in [0, 0.1) is 0 Å². The molecule has 0 bridgehead atoms. The largest absolute Gasteiger partial charge is 0.489 e. The van der Waals surface area contributed by atoms with Crippen LogP contribution in [0.2, 0.25) is 0 Å². The Hall–Kier alpha value is -3.48. The molecule has 1 aliphatic rings. The maximum atomic E-state index is 6.07. The minimum atomic E-state index is 0.571. The molecule has 0 amide bonds. The summed E-state index contributed by atoms with van der Waals surface area (Å²) < 4.78 is 6.07. The van der Waals surface area contributed by atoms with Gasteiger partial charge in [-0.25, -0.2) is 9.97 Å². The standard InChI is InChI=1S/C27H24N4OS/c1-2-5-19(6-3-1)18-32-22-8-9-24-23(13-22)21(15-28-24)16-31-11-10-20-14-29-27(30-25(20)17-31)26-7-4-12-33-26/h1-9,12-15,28H,10-11,16-18H2. The molecule has 0 fully saturated rings. The molecule has 1 N–H and O–H groups in total. The number of nitrogens with one attached hydrogen (secondary N) is 1. The topological polar surface area (TPSA) is 54.0 Å². The van der Waals surface area contributed by atoms with Crippen LogP contribution in [0.15, 0.2) is 78.4 Å². The van der Waals surface area contributed by atoms with Crippen molar-refractivity contribution in [2.75, 3.05) is 6.54 Å². The molecule has 1 aliphatic heterocycles. The first-order valence-corrected chi connectivity index (χ1v) is 12.1. The molecule has 5 aromatic rings. The summed E-state index contributed by atoms with van der Waals surface area (Å²) in [6.45, 7) is 3.29. The first-order valence-electron chi connectivity index (χ1n) is 11.2. The predicted octanol–water partition coefficient (Wildman–Crippen LogP) is 5.82. The first-order chi connectivity index (χ1) is 16.3. The molecule has 164 valence electrons. The zero-order chi connectivity index (χ0) is 22.0. The van der Waals surface area contributed by atoms with Gasteiger partial charge in [-0.15, -0.1) is 11.3 Å². The van der Waals surface area contributed by atoms with E-state index in [0.29, 0.717) is 6.61 Å². The van der Waals surface area contributed by atoms with Gasteiger partial charge in [0.05, 0.1) is 10.6 Å². The maximum absolute atomic E-state index is 6.07. The van der Waals surface area contributed by atoms with Gasteiger partial charge in [0, 0.05) is 42.9 Å². The van der Waals surface area contributed by atoms with E-state index in [4.69, 9.17) is 9.72 Å². The molecule has 3 aromatic heterocycles. The summed E-state index contributed by atoms with van der Waals surface area (Å²) in [5.74, 6) is 1.72. The van der Waals surface area contributed by atoms with Crippen LogP contribution >= 0.6 is 11.3 Å². The van der Waals surface area contributed by atoms with E-state index in [-0.39, 0.29) is 0 Å². The second-order valence-corrected chi connectivity index (χ2v) is 9.35. The van der Waals surface area contributed by atoms with E-state index in [1.807, 2.05) is 36.5 Å². The van der Waals surface area contributed by atoms with Crippen molar-refractivity contribution in [1.82, 2.24) is 19.9 Å². The quantitative estimate of drug-likeness (QED) is 0.352. The molecule has 0 saturated carbocycles. The van der Waals surface area contributed by atoms with Gasteiger partial charge in [-0.05, 0) is 52.8 Å². The molecular weight excluding hydrogens is 428 g/mol.